The van der Waals surface area contributed by atoms with Gasteiger partial charge in [0.1, 0.15) is 5.82 Å². The Kier molecular flexibility index (Phi) is 4.20. The molecule has 0 aromatic carbocycles. The van der Waals surface area contributed by atoms with Gasteiger partial charge in [0, 0.05) is 25.5 Å². The first kappa shape index (κ1) is 12.4. The molecule has 0 fully saturated rings. The van der Waals surface area contributed by atoms with E-state index in [0.717, 1.165) is 18.9 Å². The maximum Gasteiger partial charge on any atom is 0.147 e. The summed E-state index contributed by atoms with van der Waals surface area (Å²) in [4.78, 5) is 14.5. The third-order valence-corrected chi connectivity index (χ3v) is 2.66. The number of rotatable bonds is 5. The van der Waals surface area contributed by atoms with Crippen LogP contribution in [0.1, 0.15) is 18.2 Å². The molecule has 0 saturated heterocycles. The molecule has 5 nitrogen and oxygen atoms in total. The maximum absolute atomic E-state index is 9.08. The minimum Gasteiger partial charge on any atom is -0.390 e. The molecule has 0 atom stereocenters. The first-order chi connectivity index (χ1) is 8.83. The molecule has 18 heavy (non-hydrogen) atoms. The van der Waals surface area contributed by atoms with Gasteiger partial charge in [-0.1, -0.05) is 0 Å². The number of anilines is 1. The molecule has 0 aliphatic rings. The van der Waals surface area contributed by atoms with Crippen LogP contribution in [0.25, 0.3) is 0 Å². The Hall–Kier alpha value is -2.01. The van der Waals surface area contributed by atoms with Gasteiger partial charge in [-0.15, -0.1) is 0 Å². The summed E-state index contributed by atoms with van der Waals surface area (Å²) in [6.45, 7) is 3.55. The summed E-state index contributed by atoms with van der Waals surface area (Å²) >= 11 is 0. The first-order valence-corrected chi connectivity index (χ1v) is 5.89. The summed E-state index contributed by atoms with van der Waals surface area (Å²) in [6.07, 6.45) is 6.84. The van der Waals surface area contributed by atoms with Crippen molar-refractivity contribution in [2.75, 3.05) is 11.4 Å². The van der Waals surface area contributed by atoms with Crippen LogP contribution in [0.3, 0.4) is 0 Å². The lowest BCUT2D eigenvalue weighted by atomic mass is 10.2. The number of nitrogens with zero attached hydrogens (tertiary/aromatic N) is 4. The second kappa shape index (κ2) is 6.07. The molecule has 0 radical (unpaired) electrons. The summed E-state index contributed by atoms with van der Waals surface area (Å²) in [6, 6.07) is 3.96. The van der Waals surface area contributed by atoms with Crippen LogP contribution in [0.5, 0.6) is 0 Å². The van der Waals surface area contributed by atoms with Crippen LogP contribution in [-0.2, 0) is 13.2 Å². The Morgan fingerprint density at radius 2 is 1.94 bits per heavy atom. The van der Waals surface area contributed by atoms with Crippen molar-refractivity contribution in [3.05, 3.63) is 48.2 Å². The number of hydrogen-bond acceptors (Lipinski definition) is 5. The molecule has 2 rings (SSSR count). The second-order valence-corrected chi connectivity index (χ2v) is 3.90. The van der Waals surface area contributed by atoms with Gasteiger partial charge in [-0.2, -0.15) is 0 Å². The van der Waals surface area contributed by atoms with E-state index in [0.29, 0.717) is 5.69 Å². The van der Waals surface area contributed by atoms with Crippen LogP contribution in [0.4, 0.5) is 5.82 Å². The number of aliphatic hydroxyl groups excluding tert-OH is 1. The Bertz CT molecular complexity index is 489. The lowest BCUT2D eigenvalue weighted by Crippen LogP contribution is -2.23. The molecule has 0 unspecified atom stereocenters. The number of aliphatic hydroxyl groups is 1. The van der Waals surface area contributed by atoms with Crippen molar-refractivity contribution in [1.82, 2.24) is 15.0 Å². The van der Waals surface area contributed by atoms with E-state index in [1.54, 1.807) is 24.8 Å². The molecular formula is C13H16N4O. The van der Waals surface area contributed by atoms with Crippen LogP contribution >= 0.6 is 0 Å². The van der Waals surface area contributed by atoms with Gasteiger partial charge < -0.3 is 10.0 Å². The van der Waals surface area contributed by atoms with E-state index < -0.39 is 0 Å². The summed E-state index contributed by atoms with van der Waals surface area (Å²) in [5.74, 6) is 0.779. The minimum absolute atomic E-state index is 0.0896. The summed E-state index contributed by atoms with van der Waals surface area (Å²) in [7, 11) is 0. The van der Waals surface area contributed by atoms with Gasteiger partial charge in [0.2, 0.25) is 0 Å². The summed E-state index contributed by atoms with van der Waals surface area (Å²) in [5, 5.41) is 9.08. The topological polar surface area (TPSA) is 62.1 Å². The standard InChI is InChI=1S/C13H16N4O/c1-2-17(9-11-3-5-14-6-4-11)13-8-15-7-12(10-18)16-13/h3-8,18H,2,9-10H2,1H3. The Labute approximate surface area is 106 Å². The number of hydrogen-bond donors (Lipinski definition) is 1. The highest BCUT2D eigenvalue weighted by Gasteiger charge is 2.07. The zero-order chi connectivity index (χ0) is 12.8. The molecule has 0 amide bonds. The van der Waals surface area contributed by atoms with E-state index in [-0.39, 0.29) is 6.61 Å². The van der Waals surface area contributed by atoms with E-state index >= 15 is 0 Å². The average molecular weight is 244 g/mol. The molecule has 0 aliphatic heterocycles. The largest absolute Gasteiger partial charge is 0.390 e. The van der Waals surface area contributed by atoms with E-state index in [2.05, 4.69) is 26.8 Å². The second-order valence-electron chi connectivity index (χ2n) is 3.90. The highest BCUT2D eigenvalue weighted by atomic mass is 16.3. The third kappa shape index (κ3) is 3.01. The number of aromatic nitrogens is 3. The predicted octanol–water partition coefficient (Wildman–Crippen LogP) is 1.39. The van der Waals surface area contributed by atoms with Gasteiger partial charge in [0.05, 0.1) is 24.7 Å². The highest BCUT2D eigenvalue weighted by molar-refractivity contribution is 5.37. The SMILES string of the molecule is CCN(Cc1ccncc1)c1cncc(CO)n1. The van der Waals surface area contributed by atoms with Gasteiger partial charge >= 0.3 is 0 Å². The Morgan fingerprint density at radius 1 is 1.17 bits per heavy atom. The minimum atomic E-state index is -0.0896. The van der Waals surface area contributed by atoms with Crippen LogP contribution < -0.4 is 4.90 Å². The van der Waals surface area contributed by atoms with Crippen molar-refractivity contribution < 1.29 is 5.11 Å². The van der Waals surface area contributed by atoms with E-state index in [9.17, 15) is 0 Å². The summed E-state index contributed by atoms with van der Waals surface area (Å²) in [5.41, 5.74) is 1.75. The van der Waals surface area contributed by atoms with Gasteiger partial charge in [-0.25, -0.2) is 4.98 Å². The molecule has 94 valence electrons. The van der Waals surface area contributed by atoms with Crippen LogP contribution in [0, 0.1) is 0 Å². The monoisotopic (exact) mass is 244 g/mol. The van der Waals surface area contributed by atoms with E-state index in [1.807, 2.05) is 12.1 Å². The average Bonchev–Trinajstić information content (AvgIpc) is 2.46. The summed E-state index contributed by atoms with van der Waals surface area (Å²) < 4.78 is 0. The van der Waals surface area contributed by atoms with Gasteiger partial charge in [-0.05, 0) is 24.6 Å². The van der Waals surface area contributed by atoms with Crippen molar-refractivity contribution in [3.8, 4) is 0 Å². The fourth-order valence-corrected chi connectivity index (χ4v) is 1.69. The van der Waals surface area contributed by atoms with Crippen molar-refractivity contribution in [3.63, 3.8) is 0 Å². The fraction of sp³-hybridized carbons (Fsp3) is 0.308. The Balaban J connectivity index is 2.17. The van der Waals surface area contributed by atoms with Crippen molar-refractivity contribution in [2.45, 2.75) is 20.1 Å². The smallest absolute Gasteiger partial charge is 0.147 e. The zero-order valence-corrected chi connectivity index (χ0v) is 10.3. The van der Waals surface area contributed by atoms with Crippen molar-refractivity contribution in [1.29, 1.82) is 0 Å². The molecule has 0 saturated carbocycles. The first-order valence-electron chi connectivity index (χ1n) is 5.89. The van der Waals surface area contributed by atoms with E-state index in [1.165, 1.54) is 5.56 Å². The molecule has 0 spiro atoms. The molecule has 1 N–H and O–H groups in total. The van der Waals surface area contributed by atoms with Crippen molar-refractivity contribution in [2.24, 2.45) is 0 Å². The maximum atomic E-state index is 9.08. The van der Waals surface area contributed by atoms with Gasteiger partial charge in [-0.3, -0.25) is 9.97 Å². The molecule has 0 bridgehead atoms. The quantitative estimate of drug-likeness (QED) is 0.861. The fourth-order valence-electron chi connectivity index (χ4n) is 1.69. The van der Waals surface area contributed by atoms with Crippen LogP contribution in [-0.4, -0.2) is 26.6 Å². The molecule has 2 aromatic heterocycles. The molecule has 2 aromatic rings. The van der Waals surface area contributed by atoms with Crippen LogP contribution in [0.2, 0.25) is 0 Å². The highest BCUT2D eigenvalue weighted by Crippen LogP contribution is 2.13. The zero-order valence-electron chi connectivity index (χ0n) is 10.3. The lowest BCUT2D eigenvalue weighted by Gasteiger charge is -2.21. The van der Waals surface area contributed by atoms with E-state index in [4.69, 9.17) is 5.11 Å². The Morgan fingerprint density at radius 3 is 2.61 bits per heavy atom. The molecule has 0 aliphatic carbocycles. The number of pyridine rings is 1. The molecule has 2 heterocycles. The molecular weight excluding hydrogens is 228 g/mol. The molecule has 5 heteroatoms. The lowest BCUT2D eigenvalue weighted by molar-refractivity contribution is 0.276. The van der Waals surface area contributed by atoms with Crippen molar-refractivity contribution >= 4 is 5.82 Å². The predicted molar refractivity (Wildman–Crippen MR) is 68.9 cm³/mol. The van der Waals surface area contributed by atoms with Gasteiger partial charge in [0.25, 0.3) is 0 Å². The van der Waals surface area contributed by atoms with Gasteiger partial charge in [0.15, 0.2) is 0 Å². The van der Waals surface area contributed by atoms with Crippen LogP contribution in [0.15, 0.2) is 36.9 Å². The third-order valence-electron chi connectivity index (χ3n) is 2.66. The normalized spacial score (nSPS) is 10.3.